The predicted molar refractivity (Wildman–Crippen MR) is 63.1 cm³/mol. The SMILES string of the molecule is Cl.c1cc2c3c(c1)OCCC3CNCC2. The molecule has 82 valence electrons. The highest BCUT2D eigenvalue weighted by atomic mass is 35.5. The van der Waals surface area contributed by atoms with Crippen molar-refractivity contribution < 1.29 is 4.74 Å². The van der Waals surface area contributed by atoms with Crippen molar-refractivity contribution in [3.63, 3.8) is 0 Å². The van der Waals surface area contributed by atoms with Crippen LogP contribution in [-0.2, 0) is 6.42 Å². The van der Waals surface area contributed by atoms with E-state index in [0.29, 0.717) is 5.92 Å². The lowest BCUT2D eigenvalue weighted by Crippen LogP contribution is -2.24. The van der Waals surface area contributed by atoms with E-state index in [1.807, 2.05) is 0 Å². The standard InChI is InChI=1S/C12H15NO.ClH/c1-2-9-4-6-13-8-10-5-7-14-11(3-1)12(9)10;/h1-3,10,13H,4-8H2;1H. The molecule has 0 bridgehead atoms. The third kappa shape index (κ3) is 1.84. The van der Waals surface area contributed by atoms with Gasteiger partial charge in [-0.25, -0.2) is 0 Å². The van der Waals surface area contributed by atoms with Crippen molar-refractivity contribution >= 4 is 12.4 Å². The summed E-state index contributed by atoms with van der Waals surface area (Å²) in [5, 5.41) is 3.50. The number of ether oxygens (including phenoxy) is 1. The topological polar surface area (TPSA) is 21.3 Å². The zero-order valence-corrected chi connectivity index (χ0v) is 9.48. The van der Waals surface area contributed by atoms with Crippen LogP contribution in [0.4, 0.5) is 0 Å². The maximum atomic E-state index is 5.70. The van der Waals surface area contributed by atoms with Gasteiger partial charge >= 0.3 is 0 Å². The summed E-state index contributed by atoms with van der Waals surface area (Å²) in [5.74, 6) is 1.81. The first-order chi connectivity index (χ1) is 6.95. The van der Waals surface area contributed by atoms with Crippen LogP contribution in [0.25, 0.3) is 0 Å². The average molecular weight is 226 g/mol. The maximum Gasteiger partial charge on any atom is 0.123 e. The fourth-order valence-corrected chi connectivity index (χ4v) is 2.56. The molecule has 3 heteroatoms. The minimum Gasteiger partial charge on any atom is -0.493 e. The lowest BCUT2D eigenvalue weighted by atomic mass is 9.89. The van der Waals surface area contributed by atoms with Crippen molar-refractivity contribution in [2.24, 2.45) is 0 Å². The molecule has 2 aliphatic rings. The Hall–Kier alpha value is -0.730. The molecular weight excluding hydrogens is 210 g/mol. The molecule has 1 unspecified atom stereocenters. The fourth-order valence-electron chi connectivity index (χ4n) is 2.56. The van der Waals surface area contributed by atoms with E-state index in [1.54, 1.807) is 0 Å². The van der Waals surface area contributed by atoms with E-state index in [-0.39, 0.29) is 12.4 Å². The van der Waals surface area contributed by atoms with E-state index in [0.717, 1.165) is 38.3 Å². The molecule has 0 saturated heterocycles. The van der Waals surface area contributed by atoms with Gasteiger partial charge in [0, 0.05) is 18.0 Å². The lowest BCUT2D eigenvalue weighted by Gasteiger charge is -2.26. The van der Waals surface area contributed by atoms with E-state index >= 15 is 0 Å². The highest BCUT2D eigenvalue weighted by Crippen LogP contribution is 2.36. The Kier molecular flexibility index (Phi) is 3.17. The Bertz CT molecular complexity index is 353. The normalized spacial score (nSPS) is 23.1. The van der Waals surface area contributed by atoms with Gasteiger partial charge in [0.25, 0.3) is 0 Å². The Labute approximate surface area is 96.4 Å². The molecule has 0 radical (unpaired) electrons. The number of halogens is 1. The lowest BCUT2D eigenvalue weighted by molar-refractivity contribution is 0.266. The highest BCUT2D eigenvalue weighted by Gasteiger charge is 2.25. The molecule has 1 N–H and O–H groups in total. The number of hydrogen-bond acceptors (Lipinski definition) is 2. The van der Waals surface area contributed by atoms with Gasteiger partial charge in [-0.05, 0) is 31.0 Å². The van der Waals surface area contributed by atoms with E-state index in [1.165, 1.54) is 11.1 Å². The van der Waals surface area contributed by atoms with Crippen molar-refractivity contribution in [2.75, 3.05) is 19.7 Å². The van der Waals surface area contributed by atoms with Crippen LogP contribution in [0.15, 0.2) is 18.2 Å². The molecule has 1 atom stereocenters. The molecule has 1 aromatic carbocycles. The monoisotopic (exact) mass is 225 g/mol. The van der Waals surface area contributed by atoms with Gasteiger partial charge in [0.15, 0.2) is 0 Å². The van der Waals surface area contributed by atoms with Crippen LogP contribution in [0.2, 0.25) is 0 Å². The first-order valence-electron chi connectivity index (χ1n) is 5.40. The maximum absolute atomic E-state index is 5.70. The summed E-state index contributed by atoms with van der Waals surface area (Å²) in [6.45, 7) is 3.10. The van der Waals surface area contributed by atoms with E-state index in [4.69, 9.17) is 4.74 Å². The van der Waals surface area contributed by atoms with Gasteiger partial charge in [-0.2, -0.15) is 0 Å². The smallest absolute Gasteiger partial charge is 0.123 e. The number of benzene rings is 1. The molecule has 15 heavy (non-hydrogen) atoms. The Morgan fingerprint density at radius 1 is 1.33 bits per heavy atom. The van der Waals surface area contributed by atoms with Gasteiger partial charge in [-0.3, -0.25) is 0 Å². The summed E-state index contributed by atoms with van der Waals surface area (Å²) >= 11 is 0. The second-order valence-corrected chi connectivity index (χ2v) is 4.12. The molecule has 0 aromatic heterocycles. The van der Waals surface area contributed by atoms with Crippen LogP contribution in [0, 0.1) is 0 Å². The van der Waals surface area contributed by atoms with Crippen molar-refractivity contribution in [3.05, 3.63) is 29.3 Å². The largest absolute Gasteiger partial charge is 0.493 e. The summed E-state index contributed by atoms with van der Waals surface area (Å²) in [4.78, 5) is 0. The summed E-state index contributed by atoms with van der Waals surface area (Å²) in [6, 6.07) is 6.46. The molecule has 0 aliphatic carbocycles. The van der Waals surface area contributed by atoms with E-state index in [9.17, 15) is 0 Å². The Morgan fingerprint density at radius 2 is 2.27 bits per heavy atom. The molecule has 0 saturated carbocycles. The van der Waals surface area contributed by atoms with Crippen molar-refractivity contribution in [1.82, 2.24) is 5.32 Å². The quantitative estimate of drug-likeness (QED) is 0.731. The summed E-state index contributed by atoms with van der Waals surface area (Å²) < 4.78 is 5.70. The van der Waals surface area contributed by atoms with E-state index in [2.05, 4.69) is 23.5 Å². The second-order valence-electron chi connectivity index (χ2n) is 4.12. The molecule has 2 heterocycles. The van der Waals surface area contributed by atoms with Gasteiger partial charge < -0.3 is 10.1 Å². The zero-order valence-electron chi connectivity index (χ0n) is 8.66. The van der Waals surface area contributed by atoms with Crippen LogP contribution in [0.3, 0.4) is 0 Å². The van der Waals surface area contributed by atoms with Crippen LogP contribution in [0.1, 0.15) is 23.5 Å². The third-order valence-corrected chi connectivity index (χ3v) is 3.25. The van der Waals surface area contributed by atoms with Gasteiger partial charge in [0.1, 0.15) is 5.75 Å². The molecule has 0 spiro atoms. The summed E-state index contributed by atoms with van der Waals surface area (Å²) in [5.41, 5.74) is 2.96. The number of hydrogen-bond donors (Lipinski definition) is 1. The first kappa shape index (κ1) is 10.8. The van der Waals surface area contributed by atoms with Crippen LogP contribution < -0.4 is 10.1 Å². The van der Waals surface area contributed by atoms with Crippen LogP contribution in [0.5, 0.6) is 5.75 Å². The molecule has 0 amide bonds. The predicted octanol–water partition coefficient (Wildman–Crippen LogP) is 2.12. The van der Waals surface area contributed by atoms with Crippen LogP contribution >= 0.6 is 12.4 Å². The summed E-state index contributed by atoms with van der Waals surface area (Å²) in [7, 11) is 0. The highest BCUT2D eigenvalue weighted by molar-refractivity contribution is 5.85. The molecule has 2 aliphatic heterocycles. The Balaban J connectivity index is 0.000000853. The molecule has 2 nitrogen and oxygen atoms in total. The fraction of sp³-hybridized carbons (Fsp3) is 0.500. The minimum atomic E-state index is 0. The average Bonchev–Trinajstić information content (AvgIpc) is 2.44. The van der Waals surface area contributed by atoms with Gasteiger partial charge in [-0.15, -0.1) is 12.4 Å². The molecule has 3 rings (SSSR count). The number of rotatable bonds is 0. The summed E-state index contributed by atoms with van der Waals surface area (Å²) in [6.07, 6.45) is 2.31. The minimum absolute atomic E-state index is 0. The number of nitrogens with one attached hydrogen (secondary N) is 1. The van der Waals surface area contributed by atoms with E-state index < -0.39 is 0 Å². The van der Waals surface area contributed by atoms with Gasteiger partial charge in [-0.1, -0.05) is 12.1 Å². The van der Waals surface area contributed by atoms with Gasteiger partial charge in [0.2, 0.25) is 0 Å². The zero-order chi connectivity index (χ0) is 9.38. The van der Waals surface area contributed by atoms with Crippen molar-refractivity contribution in [1.29, 1.82) is 0 Å². The van der Waals surface area contributed by atoms with Crippen molar-refractivity contribution in [2.45, 2.75) is 18.8 Å². The van der Waals surface area contributed by atoms with Crippen LogP contribution in [-0.4, -0.2) is 19.7 Å². The molecular formula is C12H16ClNO. The molecule has 0 fully saturated rings. The van der Waals surface area contributed by atoms with Crippen molar-refractivity contribution in [3.8, 4) is 5.75 Å². The van der Waals surface area contributed by atoms with Gasteiger partial charge in [0.05, 0.1) is 6.61 Å². The molecule has 1 aromatic rings. The third-order valence-electron chi connectivity index (χ3n) is 3.25. The second kappa shape index (κ2) is 4.42. The first-order valence-corrected chi connectivity index (χ1v) is 5.40. The Morgan fingerprint density at radius 3 is 3.20 bits per heavy atom.